The van der Waals surface area contributed by atoms with E-state index in [1.807, 2.05) is 14.0 Å². The van der Waals surface area contributed by atoms with Gasteiger partial charge in [-0.3, -0.25) is 4.68 Å². The van der Waals surface area contributed by atoms with Crippen LogP contribution in [0, 0.1) is 5.92 Å². The summed E-state index contributed by atoms with van der Waals surface area (Å²) in [4.78, 5) is 10.4. The molecule has 0 N–H and O–H groups in total. The Balaban J connectivity index is 2.80. The number of aldehydes is 1. The van der Waals surface area contributed by atoms with Crippen LogP contribution >= 0.6 is 15.9 Å². The molecule has 0 aliphatic carbocycles. The van der Waals surface area contributed by atoms with E-state index in [0.29, 0.717) is 6.42 Å². The van der Waals surface area contributed by atoms with Gasteiger partial charge in [-0.2, -0.15) is 0 Å². The molecular formula is C7H10BrN3O. The van der Waals surface area contributed by atoms with Crippen molar-refractivity contribution in [2.75, 3.05) is 0 Å². The van der Waals surface area contributed by atoms with Crippen molar-refractivity contribution in [3.05, 3.63) is 10.3 Å². The number of carbonyl (C=O) groups is 1. The predicted molar refractivity (Wildman–Crippen MR) is 47.6 cm³/mol. The molecule has 0 aromatic carbocycles. The molecule has 1 heterocycles. The van der Waals surface area contributed by atoms with Crippen molar-refractivity contribution < 1.29 is 4.79 Å². The highest BCUT2D eigenvalue weighted by molar-refractivity contribution is 9.10. The van der Waals surface area contributed by atoms with Gasteiger partial charge in [-0.05, 0) is 15.9 Å². The molecule has 0 fully saturated rings. The summed E-state index contributed by atoms with van der Waals surface area (Å²) in [5.74, 6) is 0.0125. The van der Waals surface area contributed by atoms with Crippen molar-refractivity contribution in [2.24, 2.45) is 13.0 Å². The molecule has 66 valence electrons. The maximum atomic E-state index is 10.4. The van der Waals surface area contributed by atoms with Crippen LogP contribution in [0.2, 0.25) is 0 Å². The lowest BCUT2D eigenvalue weighted by Gasteiger charge is -2.02. The van der Waals surface area contributed by atoms with Crippen LogP contribution in [0.25, 0.3) is 0 Å². The molecule has 0 amide bonds. The zero-order chi connectivity index (χ0) is 9.14. The lowest BCUT2D eigenvalue weighted by Crippen LogP contribution is -2.06. The maximum absolute atomic E-state index is 10.4. The average Bonchev–Trinajstić information content (AvgIpc) is 2.35. The van der Waals surface area contributed by atoms with Gasteiger partial charge in [0.05, 0.1) is 5.69 Å². The Kier molecular flexibility index (Phi) is 2.97. The van der Waals surface area contributed by atoms with Gasteiger partial charge in [0, 0.05) is 19.4 Å². The summed E-state index contributed by atoms with van der Waals surface area (Å²) in [6.45, 7) is 1.87. The fraction of sp³-hybridized carbons (Fsp3) is 0.571. The van der Waals surface area contributed by atoms with E-state index in [-0.39, 0.29) is 5.92 Å². The molecule has 4 nitrogen and oxygen atoms in total. The van der Waals surface area contributed by atoms with Crippen LogP contribution in [0.5, 0.6) is 0 Å². The minimum atomic E-state index is 0.0125. The number of hydrogen-bond donors (Lipinski definition) is 0. The monoisotopic (exact) mass is 231 g/mol. The zero-order valence-electron chi connectivity index (χ0n) is 6.99. The Morgan fingerprint density at radius 3 is 2.83 bits per heavy atom. The fourth-order valence-electron chi connectivity index (χ4n) is 0.921. The Labute approximate surface area is 79.1 Å². The standard InChI is InChI=1S/C7H10BrN3O/c1-5(4-12)3-6-7(8)9-10-11(6)2/h4-5H,3H2,1-2H3. The van der Waals surface area contributed by atoms with Crippen LogP contribution in [0.3, 0.4) is 0 Å². The van der Waals surface area contributed by atoms with E-state index in [9.17, 15) is 4.79 Å². The molecule has 0 saturated carbocycles. The Bertz CT molecular complexity index is 265. The first-order chi connectivity index (χ1) is 5.65. The van der Waals surface area contributed by atoms with Crippen LogP contribution in [-0.4, -0.2) is 21.3 Å². The lowest BCUT2D eigenvalue weighted by molar-refractivity contribution is -0.110. The minimum absolute atomic E-state index is 0.0125. The van der Waals surface area contributed by atoms with E-state index >= 15 is 0 Å². The highest BCUT2D eigenvalue weighted by Crippen LogP contribution is 2.14. The number of rotatable bonds is 3. The summed E-state index contributed by atoms with van der Waals surface area (Å²) < 4.78 is 2.39. The van der Waals surface area contributed by atoms with Crippen LogP contribution in [0.15, 0.2) is 4.60 Å². The molecule has 5 heteroatoms. The van der Waals surface area contributed by atoms with Gasteiger partial charge >= 0.3 is 0 Å². The molecule has 1 unspecified atom stereocenters. The van der Waals surface area contributed by atoms with Gasteiger partial charge in [0.1, 0.15) is 6.29 Å². The first-order valence-corrected chi connectivity index (χ1v) is 4.43. The molecule has 1 atom stereocenters. The molecule has 12 heavy (non-hydrogen) atoms. The number of carbonyl (C=O) groups excluding carboxylic acids is 1. The van der Waals surface area contributed by atoms with E-state index in [2.05, 4.69) is 26.2 Å². The summed E-state index contributed by atoms with van der Waals surface area (Å²) in [5.41, 5.74) is 0.953. The summed E-state index contributed by atoms with van der Waals surface area (Å²) in [5, 5.41) is 7.62. The van der Waals surface area contributed by atoms with Crippen LogP contribution in [-0.2, 0) is 18.3 Å². The zero-order valence-corrected chi connectivity index (χ0v) is 8.58. The molecule has 1 aromatic rings. The van der Waals surface area contributed by atoms with E-state index in [4.69, 9.17) is 0 Å². The second-order valence-electron chi connectivity index (χ2n) is 2.77. The minimum Gasteiger partial charge on any atom is -0.303 e. The van der Waals surface area contributed by atoms with Gasteiger partial charge in [0.25, 0.3) is 0 Å². The number of aryl methyl sites for hydroxylation is 1. The van der Waals surface area contributed by atoms with E-state index in [1.54, 1.807) is 4.68 Å². The first-order valence-electron chi connectivity index (χ1n) is 3.64. The van der Waals surface area contributed by atoms with Crippen molar-refractivity contribution >= 4 is 22.2 Å². The smallest absolute Gasteiger partial charge is 0.151 e. The molecule has 0 spiro atoms. The van der Waals surface area contributed by atoms with Crippen molar-refractivity contribution in [3.8, 4) is 0 Å². The van der Waals surface area contributed by atoms with Crippen LogP contribution in [0.1, 0.15) is 12.6 Å². The van der Waals surface area contributed by atoms with Gasteiger partial charge in [-0.25, -0.2) is 0 Å². The van der Waals surface area contributed by atoms with Crippen molar-refractivity contribution in [1.82, 2.24) is 15.0 Å². The number of aromatic nitrogens is 3. The van der Waals surface area contributed by atoms with Crippen LogP contribution in [0.4, 0.5) is 0 Å². The van der Waals surface area contributed by atoms with E-state index in [1.165, 1.54) is 0 Å². The normalized spacial score (nSPS) is 12.9. The number of hydrogen-bond acceptors (Lipinski definition) is 3. The van der Waals surface area contributed by atoms with Crippen molar-refractivity contribution in [1.29, 1.82) is 0 Å². The molecular weight excluding hydrogens is 222 g/mol. The largest absolute Gasteiger partial charge is 0.303 e. The summed E-state index contributed by atoms with van der Waals surface area (Å²) in [6.07, 6.45) is 1.60. The third-order valence-corrected chi connectivity index (χ3v) is 2.26. The maximum Gasteiger partial charge on any atom is 0.151 e. The third kappa shape index (κ3) is 1.91. The van der Waals surface area contributed by atoms with Gasteiger partial charge in [0.2, 0.25) is 0 Å². The SMILES string of the molecule is CC(C=O)Cc1c(Br)nnn1C. The molecule has 0 radical (unpaired) electrons. The third-order valence-electron chi connectivity index (χ3n) is 1.64. The lowest BCUT2D eigenvalue weighted by atomic mass is 10.1. The quantitative estimate of drug-likeness (QED) is 0.729. The Hall–Kier alpha value is -0.710. The topological polar surface area (TPSA) is 47.8 Å². The van der Waals surface area contributed by atoms with Gasteiger partial charge in [-0.1, -0.05) is 12.1 Å². The molecule has 0 bridgehead atoms. The molecule has 0 aliphatic heterocycles. The summed E-state index contributed by atoms with van der Waals surface area (Å²) in [7, 11) is 1.81. The van der Waals surface area contributed by atoms with Gasteiger partial charge in [-0.15, -0.1) is 5.10 Å². The molecule has 1 rings (SSSR count). The first kappa shape index (κ1) is 9.38. The predicted octanol–water partition coefficient (Wildman–Crippen LogP) is 0.955. The molecule has 1 aromatic heterocycles. The summed E-state index contributed by atoms with van der Waals surface area (Å²) in [6, 6.07) is 0. The van der Waals surface area contributed by atoms with Crippen molar-refractivity contribution in [2.45, 2.75) is 13.3 Å². The Morgan fingerprint density at radius 2 is 2.42 bits per heavy atom. The second-order valence-corrected chi connectivity index (χ2v) is 3.52. The van der Waals surface area contributed by atoms with E-state index in [0.717, 1.165) is 16.6 Å². The summed E-state index contributed by atoms with van der Waals surface area (Å²) >= 11 is 3.26. The number of halogens is 1. The van der Waals surface area contributed by atoms with E-state index < -0.39 is 0 Å². The van der Waals surface area contributed by atoms with Gasteiger partial charge < -0.3 is 4.79 Å². The van der Waals surface area contributed by atoms with Gasteiger partial charge in [0.15, 0.2) is 4.60 Å². The highest BCUT2D eigenvalue weighted by Gasteiger charge is 2.10. The molecule has 0 aliphatic rings. The van der Waals surface area contributed by atoms with Crippen molar-refractivity contribution in [3.63, 3.8) is 0 Å². The number of nitrogens with zero attached hydrogens (tertiary/aromatic N) is 3. The average molecular weight is 232 g/mol. The Morgan fingerprint density at radius 1 is 1.75 bits per heavy atom. The molecule has 0 saturated heterocycles. The highest BCUT2D eigenvalue weighted by atomic mass is 79.9. The van der Waals surface area contributed by atoms with Crippen LogP contribution < -0.4 is 0 Å². The second kappa shape index (κ2) is 3.80. The fourth-order valence-corrected chi connectivity index (χ4v) is 1.41.